The van der Waals surface area contributed by atoms with Crippen LogP contribution in [0, 0.1) is 0 Å². The Balaban J connectivity index is 1.58. The van der Waals surface area contributed by atoms with Crippen LogP contribution >= 0.6 is 11.6 Å². The maximum absolute atomic E-state index is 12.5. The van der Waals surface area contributed by atoms with E-state index in [9.17, 15) is 4.79 Å². The number of nitrogens with zero attached hydrogens (tertiary/aromatic N) is 2. The molecule has 0 aliphatic rings. The number of rotatable bonds is 4. The Morgan fingerprint density at radius 1 is 0.926 bits per heavy atom. The van der Waals surface area contributed by atoms with Gasteiger partial charge in [-0.25, -0.2) is 0 Å². The molecule has 6 heteroatoms. The lowest BCUT2D eigenvalue weighted by Crippen LogP contribution is -2.12. The lowest BCUT2D eigenvalue weighted by Gasteiger charge is -2.10. The Morgan fingerprint density at radius 2 is 1.78 bits per heavy atom. The average molecular weight is 375 g/mol. The molecule has 0 saturated heterocycles. The summed E-state index contributed by atoms with van der Waals surface area (Å²) in [5, 5.41) is 7.70. The van der Waals surface area contributed by atoms with Crippen LogP contribution in [-0.4, -0.2) is 15.9 Å². The maximum Gasteiger partial charge on any atom is 0.257 e. The molecule has 4 aromatic rings. The smallest absolute Gasteiger partial charge is 0.257 e. The Labute approximate surface area is 161 Å². The van der Waals surface area contributed by atoms with Crippen molar-refractivity contribution in [1.82, 2.24) is 9.97 Å². The number of carbonyl (C=O) groups is 1. The molecule has 0 atom stereocenters. The molecule has 2 heterocycles. The number of pyridine rings is 2. The van der Waals surface area contributed by atoms with E-state index in [0.717, 1.165) is 16.6 Å². The van der Waals surface area contributed by atoms with Gasteiger partial charge in [-0.2, -0.15) is 0 Å². The lowest BCUT2D eigenvalue weighted by atomic mass is 10.2. The molecule has 0 aliphatic carbocycles. The summed E-state index contributed by atoms with van der Waals surface area (Å²) < 4.78 is 0. The van der Waals surface area contributed by atoms with Gasteiger partial charge in [-0.3, -0.25) is 14.8 Å². The molecule has 4 rings (SSSR count). The first-order chi connectivity index (χ1) is 13.2. The third-order valence-corrected chi connectivity index (χ3v) is 4.23. The zero-order chi connectivity index (χ0) is 18.6. The second-order valence-electron chi connectivity index (χ2n) is 5.93. The second kappa shape index (κ2) is 7.43. The molecule has 0 spiro atoms. The average Bonchev–Trinajstić information content (AvgIpc) is 2.68. The molecule has 5 nitrogen and oxygen atoms in total. The van der Waals surface area contributed by atoms with Crippen molar-refractivity contribution < 1.29 is 4.79 Å². The number of hydrogen-bond acceptors (Lipinski definition) is 4. The van der Waals surface area contributed by atoms with Crippen LogP contribution in [0.3, 0.4) is 0 Å². The number of halogens is 1. The van der Waals surface area contributed by atoms with Crippen molar-refractivity contribution in [3.05, 3.63) is 89.8 Å². The Hall–Kier alpha value is -3.44. The molecule has 27 heavy (non-hydrogen) atoms. The van der Waals surface area contributed by atoms with Crippen LogP contribution in [0.2, 0.25) is 5.02 Å². The summed E-state index contributed by atoms with van der Waals surface area (Å²) in [7, 11) is 0. The maximum atomic E-state index is 12.5. The molecule has 2 aromatic carbocycles. The largest absolute Gasteiger partial charge is 0.352 e. The molecule has 0 unspecified atom stereocenters. The Kier molecular flexibility index (Phi) is 4.68. The van der Waals surface area contributed by atoms with Gasteiger partial charge in [0, 0.05) is 28.5 Å². The first-order valence-corrected chi connectivity index (χ1v) is 8.69. The Morgan fingerprint density at radius 3 is 2.67 bits per heavy atom. The highest BCUT2D eigenvalue weighted by Gasteiger charge is 2.09. The fourth-order valence-electron chi connectivity index (χ4n) is 2.76. The zero-order valence-electron chi connectivity index (χ0n) is 14.2. The Bertz CT molecular complexity index is 1120. The van der Waals surface area contributed by atoms with Gasteiger partial charge in [0.05, 0.1) is 28.7 Å². The molecule has 0 aliphatic heterocycles. The minimum atomic E-state index is -0.260. The van der Waals surface area contributed by atoms with Gasteiger partial charge < -0.3 is 10.6 Å². The van der Waals surface area contributed by atoms with Crippen molar-refractivity contribution >= 4 is 45.5 Å². The summed E-state index contributed by atoms with van der Waals surface area (Å²) in [5.41, 5.74) is 3.47. The predicted molar refractivity (Wildman–Crippen MR) is 109 cm³/mol. The van der Waals surface area contributed by atoms with Crippen LogP contribution in [0.5, 0.6) is 0 Å². The third kappa shape index (κ3) is 3.88. The molecule has 0 saturated carbocycles. The van der Waals surface area contributed by atoms with Crippen LogP contribution in [0.25, 0.3) is 10.9 Å². The first kappa shape index (κ1) is 17.0. The number of carbonyl (C=O) groups excluding carboxylic acids is 1. The highest BCUT2D eigenvalue weighted by molar-refractivity contribution is 6.31. The van der Waals surface area contributed by atoms with Crippen LogP contribution in [0.1, 0.15) is 10.4 Å². The van der Waals surface area contributed by atoms with Crippen molar-refractivity contribution in [2.24, 2.45) is 0 Å². The summed E-state index contributed by atoms with van der Waals surface area (Å²) in [6, 6.07) is 18.5. The molecular weight excluding hydrogens is 360 g/mol. The van der Waals surface area contributed by atoms with Crippen molar-refractivity contribution in [1.29, 1.82) is 0 Å². The molecule has 2 N–H and O–H groups in total. The van der Waals surface area contributed by atoms with Gasteiger partial charge in [-0.05, 0) is 36.4 Å². The van der Waals surface area contributed by atoms with E-state index in [1.54, 1.807) is 42.7 Å². The van der Waals surface area contributed by atoms with E-state index in [0.29, 0.717) is 22.0 Å². The molecule has 132 valence electrons. The van der Waals surface area contributed by atoms with Gasteiger partial charge >= 0.3 is 0 Å². The van der Waals surface area contributed by atoms with E-state index < -0.39 is 0 Å². The quantitative estimate of drug-likeness (QED) is 0.510. The molecule has 0 bridgehead atoms. The molecule has 0 radical (unpaired) electrons. The van der Waals surface area contributed by atoms with Crippen LogP contribution in [0.4, 0.5) is 17.1 Å². The fraction of sp³-hybridized carbons (Fsp3) is 0. The van der Waals surface area contributed by atoms with E-state index >= 15 is 0 Å². The first-order valence-electron chi connectivity index (χ1n) is 8.32. The van der Waals surface area contributed by atoms with E-state index in [1.165, 1.54) is 6.20 Å². The lowest BCUT2D eigenvalue weighted by molar-refractivity contribution is 0.102. The number of hydrogen-bond donors (Lipinski definition) is 2. The monoisotopic (exact) mass is 374 g/mol. The number of anilines is 3. The van der Waals surface area contributed by atoms with Gasteiger partial charge in [0.25, 0.3) is 5.91 Å². The van der Waals surface area contributed by atoms with Crippen molar-refractivity contribution in [3.63, 3.8) is 0 Å². The molecule has 2 aromatic heterocycles. The van der Waals surface area contributed by atoms with Gasteiger partial charge in [0.15, 0.2) is 0 Å². The summed E-state index contributed by atoms with van der Waals surface area (Å²) in [6.07, 6.45) is 4.94. The normalized spacial score (nSPS) is 10.6. The fourth-order valence-corrected chi connectivity index (χ4v) is 2.95. The number of benzene rings is 2. The summed E-state index contributed by atoms with van der Waals surface area (Å²) >= 11 is 5.96. The number of amides is 1. The van der Waals surface area contributed by atoms with Crippen molar-refractivity contribution in [3.8, 4) is 0 Å². The number of para-hydroxylation sites is 1. The minimum absolute atomic E-state index is 0.260. The van der Waals surface area contributed by atoms with Gasteiger partial charge in [-0.1, -0.05) is 35.9 Å². The second-order valence-corrected chi connectivity index (χ2v) is 6.37. The van der Waals surface area contributed by atoms with Crippen molar-refractivity contribution in [2.45, 2.75) is 0 Å². The molecular formula is C21H15ClN4O. The van der Waals surface area contributed by atoms with Crippen molar-refractivity contribution in [2.75, 3.05) is 10.6 Å². The highest BCUT2D eigenvalue weighted by atomic mass is 35.5. The van der Waals surface area contributed by atoms with E-state index in [2.05, 4.69) is 20.6 Å². The predicted octanol–water partition coefficient (Wildman–Crippen LogP) is 5.28. The molecule has 0 fully saturated rings. The molecule has 1 amide bonds. The van der Waals surface area contributed by atoms with Gasteiger partial charge in [-0.15, -0.1) is 0 Å². The van der Waals surface area contributed by atoms with E-state index in [1.807, 2.05) is 30.3 Å². The SMILES string of the molecule is O=C(Nc1cccc(Cl)c1)c1cncc(Nc2cccc3cccnc23)c1. The number of fused-ring (bicyclic) bond motifs is 1. The van der Waals surface area contributed by atoms with Crippen LogP contribution in [0.15, 0.2) is 79.3 Å². The topological polar surface area (TPSA) is 66.9 Å². The highest BCUT2D eigenvalue weighted by Crippen LogP contribution is 2.25. The third-order valence-electron chi connectivity index (χ3n) is 3.99. The zero-order valence-corrected chi connectivity index (χ0v) is 14.9. The summed E-state index contributed by atoms with van der Waals surface area (Å²) in [6.45, 7) is 0. The van der Waals surface area contributed by atoms with E-state index in [4.69, 9.17) is 11.6 Å². The summed E-state index contributed by atoms with van der Waals surface area (Å²) in [4.78, 5) is 21.1. The number of aromatic nitrogens is 2. The minimum Gasteiger partial charge on any atom is -0.352 e. The van der Waals surface area contributed by atoms with Crippen LogP contribution < -0.4 is 10.6 Å². The van der Waals surface area contributed by atoms with Crippen LogP contribution in [-0.2, 0) is 0 Å². The number of nitrogens with one attached hydrogen (secondary N) is 2. The summed E-state index contributed by atoms with van der Waals surface area (Å²) in [5.74, 6) is -0.260. The van der Waals surface area contributed by atoms with Gasteiger partial charge in [0.2, 0.25) is 0 Å². The van der Waals surface area contributed by atoms with Gasteiger partial charge in [0.1, 0.15) is 0 Å². The standard InChI is InChI=1S/C21H15ClN4O/c22-16-6-2-7-17(11-16)26-21(27)15-10-18(13-23-12-15)25-19-8-1-4-14-5-3-9-24-20(14)19/h1-13,25H,(H,26,27). The van der Waals surface area contributed by atoms with E-state index in [-0.39, 0.29) is 5.91 Å².